The molecule has 3 aromatic rings. The molecular weight excluding hydrogens is 490 g/mol. The molecular formula is C26H31N7O3S. The highest BCUT2D eigenvalue weighted by atomic mass is 32.2. The zero-order valence-corrected chi connectivity index (χ0v) is 22.2. The fourth-order valence-corrected chi connectivity index (χ4v) is 5.99. The molecule has 0 bridgehead atoms. The van der Waals surface area contributed by atoms with E-state index < -0.39 is 27.5 Å². The van der Waals surface area contributed by atoms with Gasteiger partial charge < -0.3 is 14.8 Å². The molecule has 0 aliphatic carbocycles. The molecule has 10 nitrogen and oxygen atoms in total. The molecule has 194 valence electrons. The van der Waals surface area contributed by atoms with Crippen molar-refractivity contribution < 1.29 is 13.2 Å². The molecule has 11 heteroatoms. The van der Waals surface area contributed by atoms with Crippen LogP contribution in [0.25, 0.3) is 4.85 Å². The lowest BCUT2D eigenvalue weighted by molar-refractivity contribution is -0.123. The summed E-state index contributed by atoms with van der Waals surface area (Å²) in [6.45, 7) is 13.5. The second-order valence-corrected chi connectivity index (χ2v) is 12.0. The summed E-state index contributed by atoms with van der Waals surface area (Å²) in [5.41, 5.74) is 2.69. The molecule has 1 aliphatic heterocycles. The molecule has 37 heavy (non-hydrogen) atoms. The van der Waals surface area contributed by atoms with Crippen LogP contribution in [0, 0.1) is 6.57 Å². The lowest BCUT2D eigenvalue weighted by Crippen LogP contribution is -2.55. The largest absolute Gasteiger partial charge is 0.364 e. The van der Waals surface area contributed by atoms with Gasteiger partial charge in [0.05, 0.1) is 31.7 Å². The van der Waals surface area contributed by atoms with E-state index in [2.05, 4.69) is 25.0 Å². The number of aryl methyl sites for hydroxylation is 1. The maximum atomic E-state index is 13.8. The van der Waals surface area contributed by atoms with E-state index in [1.807, 2.05) is 38.5 Å². The van der Waals surface area contributed by atoms with E-state index in [0.29, 0.717) is 25.2 Å². The number of nitrogens with one attached hydrogen (secondary N) is 1. The van der Waals surface area contributed by atoms with Crippen LogP contribution in [0.2, 0.25) is 0 Å². The molecule has 3 heterocycles. The molecule has 1 aromatic carbocycles. The van der Waals surface area contributed by atoms with E-state index in [4.69, 9.17) is 6.57 Å². The van der Waals surface area contributed by atoms with Crippen LogP contribution in [-0.4, -0.2) is 57.8 Å². The first kappa shape index (κ1) is 26.3. The van der Waals surface area contributed by atoms with Crippen LogP contribution in [0.4, 0.5) is 11.4 Å². The van der Waals surface area contributed by atoms with Crippen LogP contribution in [0.5, 0.6) is 0 Å². The Morgan fingerprint density at radius 2 is 2.05 bits per heavy atom. The zero-order chi connectivity index (χ0) is 26.8. The molecule has 0 fully saturated rings. The van der Waals surface area contributed by atoms with Crippen LogP contribution < -0.4 is 10.2 Å². The first-order valence-electron chi connectivity index (χ1n) is 11.9. The topological polar surface area (TPSA) is 105 Å². The summed E-state index contributed by atoms with van der Waals surface area (Å²) in [5, 5.41) is 2.76. The van der Waals surface area contributed by atoms with Gasteiger partial charge >= 0.3 is 0 Å². The average Bonchev–Trinajstić information content (AvgIpc) is 3.25. The van der Waals surface area contributed by atoms with E-state index in [9.17, 15) is 13.2 Å². The third-order valence-corrected chi connectivity index (χ3v) is 7.94. The summed E-state index contributed by atoms with van der Waals surface area (Å²) >= 11 is 0. The van der Waals surface area contributed by atoms with E-state index >= 15 is 0 Å². The van der Waals surface area contributed by atoms with Gasteiger partial charge in [-0.05, 0) is 51.0 Å². The summed E-state index contributed by atoms with van der Waals surface area (Å²) in [6.07, 6.45) is 5.27. The van der Waals surface area contributed by atoms with Crippen molar-refractivity contribution in [3.05, 3.63) is 77.8 Å². The molecule has 1 unspecified atom stereocenters. The van der Waals surface area contributed by atoms with Crippen molar-refractivity contribution in [2.24, 2.45) is 7.05 Å². The van der Waals surface area contributed by atoms with Crippen LogP contribution in [0.1, 0.15) is 32.0 Å². The zero-order valence-electron chi connectivity index (χ0n) is 21.4. The molecule has 1 N–H and O–H groups in total. The minimum atomic E-state index is -4.11. The molecule has 4 rings (SSSR count). The van der Waals surface area contributed by atoms with Gasteiger partial charge in [0.25, 0.3) is 10.0 Å². The molecule has 1 aliphatic rings. The van der Waals surface area contributed by atoms with Crippen molar-refractivity contribution >= 4 is 27.3 Å². The Morgan fingerprint density at radius 1 is 1.27 bits per heavy atom. The summed E-state index contributed by atoms with van der Waals surface area (Å²) in [4.78, 5) is 26.9. The fraction of sp³-hybridized carbons (Fsp3) is 0.385. The Hall–Kier alpha value is -3.75. The summed E-state index contributed by atoms with van der Waals surface area (Å²) in [5.74, 6) is -0.397. The number of aromatic nitrogens is 3. The van der Waals surface area contributed by atoms with Crippen molar-refractivity contribution in [1.82, 2.24) is 24.2 Å². The number of fused-ring (bicyclic) bond motifs is 1. The minimum absolute atomic E-state index is 0.113. The Bertz CT molecular complexity index is 1420. The van der Waals surface area contributed by atoms with Gasteiger partial charge in [0.2, 0.25) is 5.91 Å². The fourth-order valence-electron chi connectivity index (χ4n) is 4.49. The molecule has 0 saturated heterocycles. The standard InChI is InChI=1S/C26H31N7O3S/c1-26(2,3)30-24(34)17-33(37(35,36)25-8-6-7-11-29-25)21-13-19-12-20(27-4)9-10-23(19)32(15-21)16-22-14-28-18-31(22)5/h6-12,14,18,21H,13,15-17H2,1-3,5H3,(H,30,34). The third kappa shape index (κ3) is 5.98. The first-order chi connectivity index (χ1) is 17.5. The van der Waals surface area contributed by atoms with E-state index in [1.54, 1.807) is 36.8 Å². The molecule has 2 aromatic heterocycles. The predicted octanol–water partition coefficient (Wildman–Crippen LogP) is 2.90. The van der Waals surface area contributed by atoms with Gasteiger partial charge in [-0.1, -0.05) is 18.2 Å². The summed E-state index contributed by atoms with van der Waals surface area (Å²) < 4.78 is 30.9. The van der Waals surface area contributed by atoms with Gasteiger partial charge in [0, 0.05) is 43.3 Å². The lowest BCUT2D eigenvalue weighted by Gasteiger charge is -2.40. The smallest absolute Gasteiger partial charge is 0.261 e. The van der Waals surface area contributed by atoms with Gasteiger partial charge in [0.1, 0.15) is 0 Å². The van der Waals surface area contributed by atoms with Gasteiger partial charge in [-0.15, -0.1) is 0 Å². The van der Waals surface area contributed by atoms with Gasteiger partial charge in [-0.3, -0.25) is 4.79 Å². The normalized spacial score (nSPS) is 15.8. The van der Waals surface area contributed by atoms with Crippen molar-refractivity contribution in [3.63, 3.8) is 0 Å². The van der Waals surface area contributed by atoms with Crippen LogP contribution in [-0.2, 0) is 34.8 Å². The van der Waals surface area contributed by atoms with Crippen molar-refractivity contribution in [2.45, 2.75) is 50.3 Å². The number of hydrogen-bond acceptors (Lipinski definition) is 6. The summed E-state index contributed by atoms with van der Waals surface area (Å²) in [7, 11) is -2.20. The van der Waals surface area contributed by atoms with Gasteiger partial charge in [0.15, 0.2) is 10.7 Å². The van der Waals surface area contributed by atoms with Crippen molar-refractivity contribution in [3.8, 4) is 0 Å². The number of pyridine rings is 1. The minimum Gasteiger partial charge on any atom is -0.364 e. The number of sulfonamides is 1. The average molecular weight is 522 g/mol. The van der Waals surface area contributed by atoms with Gasteiger partial charge in [-0.2, -0.15) is 4.31 Å². The predicted molar refractivity (Wildman–Crippen MR) is 140 cm³/mol. The van der Waals surface area contributed by atoms with Crippen LogP contribution >= 0.6 is 0 Å². The molecule has 0 spiro atoms. The van der Waals surface area contributed by atoms with Crippen LogP contribution in [0.15, 0.2) is 60.1 Å². The van der Waals surface area contributed by atoms with Gasteiger partial charge in [-0.25, -0.2) is 23.2 Å². The number of benzene rings is 1. The second kappa shape index (κ2) is 10.3. The quantitative estimate of drug-likeness (QED) is 0.480. The third-order valence-electron chi connectivity index (χ3n) is 6.12. The maximum absolute atomic E-state index is 13.8. The lowest BCUT2D eigenvalue weighted by atomic mass is 9.96. The number of carbonyl (C=O) groups excluding carboxylic acids is 1. The van der Waals surface area contributed by atoms with Crippen molar-refractivity contribution in [2.75, 3.05) is 18.0 Å². The number of imidazole rings is 1. The first-order valence-corrected chi connectivity index (χ1v) is 13.4. The number of carbonyl (C=O) groups is 1. The Morgan fingerprint density at radius 3 is 2.68 bits per heavy atom. The number of rotatable bonds is 7. The van der Waals surface area contributed by atoms with E-state index in [1.165, 1.54) is 16.6 Å². The number of hydrogen-bond donors (Lipinski definition) is 1. The SMILES string of the molecule is [C-]#[N+]c1ccc2c(c1)CC(N(CC(=O)NC(C)(C)C)S(=O)(=O)c1ccccn1)CN2Cc1cncn1C. The second-order valence-electron chi connectivity index (χ2n) is 10.2. The summed E-state index contributed by atoms with van der Waals surface area (Å²) in [6, 6.07) is 9.59. The van der Waals surface area contributed by atoms with Crippen LogP contribution in [0.3, 0.4) is 0 Å². The Kier molecular flexibility index (Phi) is 7.34. The highest BCUT2D eigenvalue weighted by molar-refractivity contribution is 7.89. The highest BCUT2D eigenvalue weighted by Gasteiger charge is 2.38. The Labute approximate surface area is 217 Å². The van der Waals surface area contributed by atoms with E-state index in [-0.39, 0.29) is 11.6 Å². The van der Waals surface area contributed by atoms with E-state index in [0.717, 1.165) is 16.9 Å². The number of nitrogens with zero attached hydrogens (tertiary/aromatic N) is 6. The molecule has 0 saturated carbocycles. The number of anilines is 1. The molecule has 1 amide bonds. The molecule has 1 atom stereocenters. The molecule has 0 radical (unpaired) electrons. The highest BCUT2D eigenvalue weighted by Crippen LogP contribution is 2.34. The maximum Gasteiger partial charge on any atom is 0.261 e. The Balaban J connectivity index is 1.76. The monoisotopic (exact) mass is 521 g/mol. The number of amides is 1. The van der Waals surface area contributed by atoms with Crippen molar-refractivity contribution in [1.29, 1.82) is 0 Å².